The number of nitrogens with two attached hydrogens (primary N) is 1. The topological polar surface area (TPSA) is 85.1 Å². The Morgan fingerprint density at radius 3 is 2.72 bits per heavy atom. The van der Waals surface area contributed by atoms with Gasteiger partial charge in [-0.2, -0.15) is 0 Å². The first-order valence-electron chi connectivity index (χ1n) is 5.19. The molecule has 0 saturated carbocycles. The molecule has 2 aromatic rings. The summed E-state index contributed by atoms with van der Waals surface area (Å²) in [6, 6.07) is 1.60. The molecular weight excluding hydrogens is 290 g/mol. The molecule has 0 aromatic carbocycles. The van der Waals surface area contributed by atoms with E-state index in [0.717, 1.165) is 16.3 Å². The monoisotopic (exact) mass is 303 g/mol. The molecule has 0 aliphatic carbocycles. The van der Waals surface area contributed by atoms with Crippen LogP contribution in [0.2, 0.25) is 0 Å². The van der Waals surface area contributed by atoms with Crippen molar-refractivity contribution in [1.82, 2.24) is 9.71 Å². The van der Waals surface area contributed by atoms with E-state index in [9.17, 15) is 8.42 Å². The number of thiophene rings is 1. The fourth-order valence-corrected chi connectivity index (χ4v) is 4.37. The Bertz CT molecular complexity index is 630. The zero-order valence-electron chi connectivity index (χ0n) is 9.71. The standard InChI is InChI=1S/C10H13N3O2S3/c1-7-5-16-9(13-7)4-12-18(14,15)10-2-8(3-11)6-17-10/h2,5-6,12H,3-4,11H2,1H3. The SMILES string of the molecule is Cc1csc(CNS(=O)(=O)c2cc(CN)cs2)n1. The minimum absolute atomic E-state index is 0.219. The molecule has 0 amide bonds. The molecular formula is C10H13N3O2S3. The van der Waals surface area contributed by atoms with Crippen LogP contribution in [0.4, 0.5) is 0 Å². The van der Waals surface area contributed by atoms with E-state index in [1.807, 2.05) is 12.3 Å². The zero-order valence-corrected chi connectivity index (χ0v) is 12.2. The van der Waals surface area contributed by atoms with E-state index < -0.39 is 10.0 Å². The van der Waals surface area contributed by atoms with Gasteiger partial charge in [-0.1, -0.05) is 0 Å². The Kier molecular flexibility index (Phi) is 4.13. The van der Waals surface area contributed by atoms with Gasteiger partial charge in [-0.05, 0) is 23.9 Å². The van der Waals surface area contributed by atoms with Gasteiger partial charge < -0.3 is 5.73 Å². The Balaban J connectivity index is 2.07. The van der Waals surface area contributed by atoms with Crippen molar-refractivity contribution in [2.75, 3.05) is 0 Å². The summed E-state index contributed by atoms with van der Waals surface area (Å²) in [5.74, 6) is 0. The Hall–Kier alpha value is -0.800. The van der Waals surface area contributed by atoms with Gasteiger partial charge in [0.25, 0.3) is 0 Å². The molecule has 0 saturated heterocycles. The van der Waals surface area contributed by atoms with Crippen molar-refractivity contribution in [3.8, 4) is 0 Å². The van der Waals surface area contributed by atoms with Crippen LogP contribution in [-0.4, -0.2) is 13.4 Å². The van der Waals surface area contributed by atoms with Crippen molar-refractivity contribution in [3.05, 3.63) is 33.1 Å². The highest BCUT2D eigenvalue weighted by atomic mass is 32.2. The molecule has 18 heavy (non-hydrogen) atoms. The smallest absolute Gasteiger partial charge is 0.250 e. The molecule has 0 aliphatic heterocycles. The molecule has 5 nitrogen and oxygen atoms in total. The Morgan fingerprint density at radius 2 is 2.17 bits per heavy atom. The molecule has 3 N–H and O–H groups in total. The van der Waals surface area contributed by atoms with Crippen LogP contribution < -0.4 is 10.5 Å². The molecule has 0 unspecified atom stereocenters. The van der Waals surface area contributed by atoms with Crippen LogP contribution in [0.1, 0.15) is 16.3 Å². The van der Waals surface area contributed by atoms with E-state index in [2.05, 4.69) is 9.71 Å². The van der Waals surface area contributed by atoms with E-state index in [0.29, 0.717) is 6.54 Å². The van der Waals surface area contributed by atoms with Crippen molar-refractivity contribution in [2.45, 2.75) is 24.2 Å². The summed E-state index contributed by atoms with van der Waals surface area (Å²) in [5, 5.41) is 4.40. The lowest BCUT2D eigenvalue weighted by molar-refractivity contribution is 0.583. The predicted octanol–water partition coefficient (Wildman–Crippen LogP) is 1.45. The van der Waals surface area contributed by atoms with Gasteiger partial charge in [-0.3, -0.25) is 0 Å². The average molecular weight is 303 g/mol. The summed E-state index contributed by atoms with van der Waals surface area (Å²) < 4.78 is 26.8. The first kappa shape index (κ1) is 13.6. The maximum atomic E-state index is 12.0. The van der Waals surface area contributed by atoms with Crippen LogP contribution >= 0.6 is 22.7 Å². The molecule has 0 fully saturated rings. The summed E-state index contributed by atoms with van der Waals surface area (Å²) in [6.07, 6.45) is 0. The predicted molar refractivity (Wildman–Crippen MR) is 73.1 cm³/mol. The summed E-state index contributed by atoms with van der Waals surface area (Å²) in [4.78, 5) is 4.20. The van der Waals surface area contributed by atoms with Crippen LogP contribution in [0.15, 0.2) is 21.0 Å². The number of aromatic nitrogens is 1. The zero-order chi connectivity index (χ0) is 13.2. The lowest BCUT2D eigenvalue weighted by Crippen LogP contribution is -2.22. The molecule has 2 rings (SSSR count). The molecule has 0 radical (unpaired) electrons. The number of hydrogen-bond donors (Lipinski definition) is 2. The summed E-state index contributed by atoms with van der Waals surface area (Å²) >= 11 is 2.61. The fraction of sp³-hybridized carbons (Fsp3) is 0.300. The molecule has 2 aromatic heterocycles. The third kappa shape index (κ3) is 3.15. The third-order valence-electron chi connectivity index (χ3n) is 2.21. The van der Waals surface area contributed by atoms with E-state index in [1.165, 1.54) is 22.7 Å². The van der Waals surface area contributed by atoms with Crippen molar-refractivity contribution < 1.29 is 8.42 Å². The number of sulfonamides is 1. The van der Waals surface area contributed by atoms with Gasteiger partial charge in [0, 0.05) is 17.6 Å². The fourth-order valence-electron chi connectivity index (χ4n) is 1.31. The van der Waals surface area contributed by atoms with Gasteiger partial charge in [0.1, 0.15) is 9.22 Å². The van der Waals surface area contributed by atoms with Crippen LogP contribution in [0.25, 0.3) is 0 Å². The van der Waals surface area contributed by atoms with Crippen LogP contribution in [-0.2, 0) is 23.1 Å². The molecule has 0 spiro atoms. The molecule has 98 valence electrons. The second kappa shape index (κ2) is 5.45. The third-order valence-corrected chi connectivity index (χ3v) is 6.07. The van der Waals surface area contributed by atoms with Crippen molar-refractivity contribution >= 4 is 32.7 Å². The van der Waals surface area contributed by atoms with Crippen molar-refractivity contribution in [1.29, 1.82) is 0 Å². The highest BCUT2D eigenvalue weighted by Gasteiger charge is 2.16. The highest BCUT2D eigenvalue weighted by Crippen LogP contribution is 2.20. The van der Waals surface area contributed by atoms with E-state index >= 15 is 0 Å². The maximum absolute atomic E-state index is 12.0. The number of rotatable bonds is 5. The van der Waals surface area contributed by atoms with E-state index in [-0.39, 0.29) is 10.8 Å². The summed E-state index contributed by atoms with van der Waals surface area (Å²) in [5.41, 5.74) is 7.18. The van der Waals surface area contributed by atoms with Gasteiger partial charge in [-0.15, -0.1) is 22.7 Å². The summed E-state index contributed by atoms with van der Waals surface area (Å²) in [6.45, 7) is 2.44. The van der Waals surface area contributed by atoms with Crippen LogP contribution in [0.5, 0.6) is 0 Å². The quantitative estimate of drug-likeness (QED) is 0.875. The Morgan fingerprint density at radius 1 is 1.39 bits per heavy atom. The van der Waals surface area contributed by atoms with Gasteiger partial charge in [0.15, 0.2) is 0 Å². The van der Waals surface area contributed by atoms with Crippen LogP contribution in [0.3, 0.4) is 0 Å². The van der Waals surface area contributed by atoms with Crippen molar-refractivity contribution in [2.24, 2.45) is 5.73 Å². The van der Waals surface area contributed by atoms with Crippen LogP contribution in [0, 0.1) is 6.92 Å². The number of thiazole rings is 1. The Labute approximate surface area is 114 Å². The number of aryl methyl sites for hydroxylation is 1. The number of nitrogens with one attached hydrogen (secondary N) is 1. The number of hydrogen-bond acceptors (Lipinski definition) is 6. The first-order valence-corrected chi connectivity index (χ1v) is 8.43. The lowest BCUT2D eigenvalue weighted by Gasteiger charge is -2.01. The van der Waals surface area contributed by atoms with Gasteiger partial charge >= 0.3 is 0 Å². The van der Waals surface area contributed by atoms with Gasteiger partial charge in [-0.25, -0.2) is 18.1 Å². The van der Waals surface area contributed by atoms with Gasteiger partial charge in [0.2, 0.25) is 10.0 Å². The molecule has 0 aliphatic rings. The van der Waals surface area contributed by atoms with E-state index in [1.54, 1.807) is 11.4 Å². The molecule has 0 atom stereocenters. The van der Waals surface area contributed by atoms with Gasteiger partial charge in [0.05, 0.1) is 6.54 Å². The average Bonchev–Trinajstić information content (AvgIpc) is 2.95. The maximum Gasteiger partial charge on any atom is 0.250 e. The summed E-state index contributed by atoms with van der Waals surface area (Å²) in [7, 11) is -3.46. The lowest BCUT2D eigenvalue weighted by atomic mass is 10.4. The first-order chi connectivity index (χ1) is 8.51. The normalized spacial score (nSPS) is 11.9. The number of nitrogens with zero attached hydrogens (tertiary/aromatic N) is 1. The second-order valence-corrected chi connectivity index (χ2v) is 7.53. The molecule has 8 heteroatoms. The second-order valence-electron chi connectivity index (χ2n) is 3.69. The minimum Gasteiger partial charge on any atom is -0.326 e. The highest BCUT2D eigenvalue weighted by molar-refractivity contribution is 7.91. The van der Waals surface area contributed by atoms with E-state index in [4.69, 9.17) is 5.73 Å². The largest absolute Gasteiger partial charge is 0.326 e. The molecule has 0 bridgehead atoms. The van der Waals surface area contributed by atoms with Crippen molar-refractivity contribution in [3.63, 3.8) is 0 Å². The molecule has 2 heterocycles. The minimum atomic E-state index is -3.46.